The standard InChI is InChI=1S/C13H10FN5/c1-8-3-4-11-16-6-10(19(11)7-8)12-9(14)5-17-13(15-2)18-12/h3-7H,2H2,1H3. The van der Waals surface area contributed by atoms with Crippen LogP contribution in [0.2, 0.25) is 0 Å². The molecule has 0 amide bonds. The van der Waals surface area contributed by atoms with Crippen LogP contribution in [-0.2, 0) is 0 Å². The van der Waals surface area contributed by atoms with Crippen LogP contribution >= 0.6 is 0 Å². The van der Waals surface area contributed by atoms with Crippen molar-refractivity contribution in [2.75, 3.05) is 0 Å². The Bertz CT molecular complexity index is 778. The van der Waals surface area contributed by atoms with Gasteiger partial charge in [0, 0.05) is 6.20 Å². The van der Waals surface area contributed by atoms with E-state index < -0.39 is 5.82 Å². The number of hydrogen-bond donors (Lipinski definition) is 0. The summed E-state index contributed by atoms with van der Waals surface area (Å²) in [6, 6.07) is 3.81. The van der Waals surface area contributed by atoms with Gasteiger partial charge in [-0.15, -0.1) is 0 Å². The second-order valence-electron chi connectivity index (χ2n) is 4.10. The lowest BCUT2D eigenvalue weighted by Gasteiger charge is -2.03. The minimum Gasteiger partial charge on any atom is -0.298 e. The third-order valence-electron chi connectivity index (χ3n) is 2.77. The molecule has 3 heterocycles. The van der Waals surface area contributed by atoms with Gasteiger partial charge in [-0.3, -0.25) is 4.40 Å². The fourth-order valence-electron chi connectivity index (χ4n) is 1.88. The summed E-state index contributed by atoms with van der Waals surface area (Å²) in [5, 5.41) is 0. The number of halogens is 1. The van der Waals surface area contributed by atoms with Crippen molar-refractivity contribution >= 4 is 18.3 Å². The van der Waals surface area contributed by atoms with Crippen LogP contribution in [-0.4, -0.2) is 26.1 Å². The maximum atomic E-state index is 13.9. The summed E-state index contributed by atoms with van der Waals surface area (Å²) in [7, 11) is 0. The Morgan fingerprint density at radius 3 is 2.89 bits per heavy atom. The second-order valence-corrected chi connectivity index (χ2v) is 4.10. The number of rotatable bonds is 2. The molecule has 94 valence electrons. The van der Waals surface area contributed by atoms with Crippen LogP contribution in [0.15, 0.2) is 35.7 Å². The first kappa shape index (κ1) is 11.5. The SMILES string of the molecule is C=Nc1ncc(F)c(-c2cnc3ccc(C)cn23)n1. The van der Waals surface area contributed by atoms with Gasteiger partial charge in [0.2, 0.25) is 5.95 Å². The monoisotopic (exact) mass is 255 g/mol. The Hall–Kier alpha value is -2.63. The zero-order valence-electron chi connectivity index (χ0n) is 10.2. The van der Waals surface area contributed by atoms with Crippen molar-refractivity contribution in [3.05, 3.63) is 42.1 Å². The normalized spacial score (nSPS) is 10.8. The van der Waals surface area contributed by atoms with Crippen LogP contribution in [0.3, 0.4) is 0 Å². The summed E-state index contributed by atoms with van der Waals surface area (Å²) >= 11 is 0. The van der Waals surface area contributed by atoms with Gasteiger partial charge in [0.25, 0.3) is 0 Å². The van der Waals surface area contributed by atoms with Gasteiger partial charge in [-0.1, -0.05) is 6.07 Å². The van der Waals surface area contributed by atoms with Crippen LogP contribution < -0.4 is 0 Å². The topological polar surface area (TPSA) is 55.4 Å². The number of aromatic nitrogens is 4. The first-order valence-electron chi connectivity index (χ1n) is 5.62. The van der Waals surface area contributed by atoms with Crippen LogP contribution in [0.4, 0.5) is 10.3 Å². The molecular weight excluding hydrogens is 245 g/mol. The molecule has 0 radical (unpaired) electrons. The maximum absolute atomic E-state index is 13.9. The van der Waals surface area contributed by atoms with Crippen molar-refractivity contribution in [3.63, 3.8) is 0 Å². The van der Waals surface area contributed by atoms with E-state index >= 15 is 0 Å². The van der Waals surface area contributed by atoms with E-state index in [1.165, 1.54) is 0 Å². The van der Waals surface area contributed by atoms with Gasteiger partial charge in [0.1, 0.15) is 11.3 Å². The maximum Gasteiger partial charge on any atom is 0.249 e. The van der Waals surface area contributed by atoms with Gasteiger partial charge in [-0.05, 0) is 25.3 Å². The first-order chi connectivity index (χ1) is 9.19. The molecule has 5 nitrogen and oxygen atoms in total. The Kier molecular flexibility index (Phi) is 2.56. The molecule has 0 aromatic carbocycles. The number of fused-ring (bicyclic) bond motifs is 1. The fraction of sp³-hybridized carbons (Fsp3) is 0.0769. The molecule has 6 heteroatoms. The summed E-state index contributed by atoms with van der Waals surface area (Å²) < 4.78 is 15.7. The highest BCUT2D eigenvalue weighted by atomic mass is 19.1. The van der Waals surface area contributed by atoms with Crippen molar-refractivity contribution in [1.29, 1.82) is 0 Å². The van der Waals surface area contributed by atoms with E-state index in [2.05, 4.69) is 26.7 Å². The minimum atomic E-state index is -0.518. The molecule has 0 saturated carbocycles. The highest BCUT2D eigenvalue weighted by molar-refractivity contribution is 5.61. The molecule has 0 unspecified atom stereocenters. The van der Waals surface area contributed by atoms with Crippen molar-refractivity contribution in [2.24, 2.45) is 4.99 Å². The van der Waals surface area contributed by atoms with Crippen molar-refractivity contribution in [1.82, 2.24) is 19.4 Å². The Morgan fingerprint density at radius 2 is 2.11 bits per heavy atom. The van der Waals surface area contributed by atoms with Crippen molar-refractivity contribution in [3.8, 4) is 11.4 Å². The molecule has 3 aromatic heterocycles. The third-order valence-corrected chi connectivity index (χ3v) is 2.77. The molecule has 0 saturated heterocycles. The molecule has 0 spiro atoms. The Morgan fingerprint density at radius 1 is 1.26 bits per heavy atom. The van der Waals surface area contributed by atoms with Gasteiger partial charge >= 0.3 is 0 Å². The van der Waals surface area contributed by atoms with E-state index in [1.807, 2.05) is 25.3 Å². The van der Waals surface area contributed by atoms with Crippen LogP contribution in [0, 0.1) is 12.7 Å². The molecule has 0 aliphatic heterocycles. The largest absolute Gasteiger partial charge is 0.298 e. The average Bonchev–Trinajstić information content (AvgIpc) is 2.82. The van der Waals surface area contributed by atoms with Crippen molar-refractivity contribution in [2.45, 2.75) is 6.92 Å². The number of nitrogens with zero attached hydrogens (tertiary/aromatic N) is 5. The van der Waals surface area contributed by atoms with E-state index in [9.17, 15) is 4.39 Å². The smallest absolute Gasteiger partial charge is 0.249 e. The fourth-order valence-corrected chi connectivity index (χ4v) is 1.88. The lowest BCUT2D eigenvalue weighted by Crippen LogP contribution is -1.96. The Labute approximate surface area is 108 Å². The van der Waals surface area contributed by atoms with E-state index in [0.29, 0.717) is 5.69 Å². The van der Waals surface area contributed by atoms with Gasteiger partial charge < -0.3 is 0 Å². The number of imidazole rings is 1. The lowest BCUT2D eigenvalue weighted by atomic mass is 10.3. The lowest BCUT2D eigenvalue weighted by molar-refractivity contribution is 0.617. The molecule has 0 aliphatic rings. The number of aryl methyl sites for hydroxylation is 1. The number of hydrogen-bond acceptors (Lipinski definition) is 4. The number of aliphatic imine (C=N–C) groups is 1. The summed E-state index contributed by atoms with van der Waals surface area (Å²) in [5.41, 5.74) is 2.49. The predicted molar refractivity (Wildman–Crippen MR) is 70.1 cm³/mol. The summed E-state index contributed by atoms with van der Waals surface area (Å²) in [5.74, 6) is -0.380. The number of pyridine rings is 1. The highest BCUT2D eigenvalue weighted by Crippen LogP contribution is 2.23. The van der Waals surface area contributed by atoms with E-state index in [4.69, 9.17) is 0 Å². The van der Waals surface area contributed by atoms with Gasteiger partial charge in [-0.25, -0.2) is 24.3 Å². The summed E-state index contributed by atoms with van der Waals surface area (Å²) in [4.78, 5) is 15.6. The molecule has 0 N–H and O–H groups in total. The van der Waals surface area contributed by atoms with E-state index in [1.54, 1.807) is 10.6 Å². The molecular formula is C13H10FN5. The zero-order chi connectivity index (χ0) is 13.4. The minimum absolute atomic E-state index is 0.138. The molecule has 19 heavy (non-hydrogen) atoms. The Balaban J connectivity index is 2.29. The van der Waals surface area contributed by atoms with Crippen LogP contribution in [0.1, 0.15) is 5.56 Å². The summed E-state index contributed by atoms with van der Waals surface area (Å²) in [6.45, 7) is 5.29. The van der Waals surface area contributed by atoms with Gasteiger partial charge in [0.05, 0.1) is 18.1 Å². The zero-order valence-corrected chi connectivity index (χ0v) is 10.2. The van der Waals surface area contributed by atoms with Crippen LogP contribution in [0.25, 0.3) is 17.0 Å². The van der Waals surface area contributed by atoms with Gasteiger partial charge in [-0.2, -0.15) is 0 Å². The predicted octanol–water partition coefficient (Wildman–Crippen LogP) is 2.57. The molecule has 3 rings (SSSR count). The van der Waals surface area contributed by atoms with Crippen LogP contribution in [0.5, 0.6) is 0 Å². The molecule has 3 aromatic rings. The third kappa shape index (κ3) is 1.87. The van der Waals surface area contributed by atoms with Crippen molar-refractivity contribution < 1.29 is 4.39 Å². The van der Waals surface area contributed by atoms with E-state index in [0.717, 1.165) is 17.4 Å². The molecule has 0 bridgehead atoms. The quantitative estimate of drug-likeness (QED) is 0.661. The molecule has 0 atom stereocenters. The van der Waals surface area contributed by atoms with Gasteiger partial charge in [0.15, 0.2) is 5.82 Å². The molecule has 0 aliphatic carbocycles. The second kappa shape index (κ2) is 4.24. The average molecular weight is 255 g/mol. The first-order valence-corrected chi connectivity index (χ1v) is 5.62. The summed E-state index contributed by atoms with van der Waals surface area (Å²) in [6.07, 6.45) is 4.54. The molecule has 0 fully saturated rings. The highest BCUT2D eigenvalue weighted by Gasteiger charge is 2.13. The van der Waals surface area contributed by atoms with E-state index in [-0.39, 0.29) is 11.6 Å².